The Balaban J connectivity index is 3.09. The number of anilines is 1. The highest BCUT2D eigenvalue weighted by Crippen LogP contribution is 2.24. The number of nitro groups is 1. The van der Waals surface area contributed by atoms with Crippen molar-refractivity contribution in [3.63, 3.8) is 0 Å². The lowest BCUT2D eigenvalue weighted by Crippen LogP contribution is -2.20. The molecule has 7 heteroatoms. The smallest absolute Gasteiger partial charge is 0.356 e. The Morgan fingerprint density at radius 3 is 2.58 bits per heavy atom. The maximum Gasteiger partial charge on any atom is 0.356 e. The molecule has 0 aliphatic heterocycles. The zero-order chi connectivity index (χ0) is 14.6. The topological polar surface area (TPSA) is 94.4 Å². The molecular weight excluding hydrogens is 250 g/mol. The molecule has 0 aliphatic rings. The minimum absolute atomic E-state index is 0.0320. The van der Waals surface area contributed by atoms with Crippen molar-refractivity contribution in [1.82, 2.24) is 4.98 Å². The molecule has 104 valence electrons. The summed E-state index contributed by atoms with van der Waals surface area (Å²) in [6.45, 7) is 6.44. The molecule has 7 nitrogen and oxygen atoms in total. The van der Waals surface area contributed by atoms with Gasteiger partial charge >= 0.3 is 11.7 Å². The highest BCUT2D eigenvalue weighted by Gasteiger charge is 2.20. The number of pyridine rings is 1. The van der Waals surface area contributed by atoms with Gasteiger partial charge in [0.15, 0.2) is 5.69 Å². The van der Waals surface area contributed by atoms with E-state index in [0.29, 0.717) is 6.54 Å². The Labute approximate surface area is 111 Å². The van der Waals surface area contributed by atoms with Gasteiger partial charge in [0, 0.05) is 12.6 Å². The van der Waals surface area contributed by atoms with E-state index in [9.17, 15) is 14.9 Å². The lowest BCUT2D eigenvalue weighted by atomic mass is 9.97. The molecule has 0 spiro atoms. The van der Waals surface area contributed by atoms with E-state index < -0.39 is 10.9 Å². The number of aromatic nitrogens is 1. The van der Waals surface area contributed by atoms with E-state index in [2.05, 4.69) is 15.0 Å². The van der Waals surface area contributed by atoms with Crippen molar-refractivity contribution in [2.75, 3.05) is 19.0 Å². The summed E-state index contributed by atoms with van der Waals surface area (Å²) in [5.41, 5.74) is -0.210. The number of hydrogen-bond donors (Lipinski definition) is 1. The standard InChI is InChI=1S/C12H17N3O4/c1-12(2,3)7-13-10-9(15(17)18)6-5-8(14-10)11(16)19-4/h5-6H,7H2,1-4H3,(H,13,14). The average Bonchev–Trinajstić information content (AvgIpc) is 2.34. The van der Waals surface area contributed by atoms with Crippen molar-refractivity contribution < 1.29 is 14.5 Å². The Bertz CT molecular complexity index is 494. The average molecular weight is 267 g/mol. The van der Waals surface area contributed by atoms with Crippen LogP contribution in [0.2, 0.25) is 0 Å². The molecule has 0 aromatic carbocycles. The fraction of sp³-hybridized carbons (Fsp3) is 0.500. The van der Waals surface area contributed by atoms with Crippen LogP contribution in [-0.4, -0.2) is 29.5 Å². The van der Waals surface area contributed by atoms with Gasteiger partial charge in [-0.15, -0.1) is 0 Å². The molecule has 1 N–H and O–H groups in total. The second-order valence-electron chi connectivity index (χ2n) is 5.23. The predicted molar refractivity (Wildman–Crippen MR) is 70.2 cm³/mol. The van der Waals surface area contributed by atoms with Gasteiger partial charge in [-0.2, -0.15) is 0 Å². The van der Waals surface area contributed by atoms with Gasteiger partial charge in [-0.25, -0.2) is 9.78 Å². The van der Waals surface area contributed by atoms with E-state index in [1.54, 1.807) is 0 Å². The molecular formula is C12H17N3O4. The molecule has 0 unspecified atom stereocenters. The van der Waals surface area contributed by atoms with E-state index >= 15 is 0 Å². The van der Waals surface area contributed by atoms with Gasteiger partial charge < -0.3 is 10.1 Å². The van der Waals surface area contributed by atoms with Crippen molar-refractivity contribution in [2.45, 2.75) is 20.8 Å². The van der Waals surface area contributed by atoms with Gasteiger partial charge in [-0.05, 0) is 11.5 Å². The lowest BCUT2D eigenvalue weighted by molar-refractivity contribution is -0.384. The Kier molecular flexibility index (Phi) is 4.42. The molecule has 0 saturated heterocycles. The number of carbonyl (C=O) groups excluding carboxylic acids is 1. The first-order valence-electron chi connectivity index (χ1n) is 5.72. The van der Waals surface area contributed by atoms with E-state index in [1.807, 2.05) is 20.8 Å². The first kappa shape index (κ1) is 14.9. The minimum Gasteiger partial charge on any atom is -0.464 e. The number of hydrogen-bond acceptors (Lipinski definition) is 6. The summed E-state index contributed by atoms with van der Waals surface area (Å²) in [5, 5.41) is 13.8. The monoisotopic (exact) mass is 267 g/mol. The third-order valence-corrected chi connectivity index (χ3v) is 2.25. The molecule has 1 aromatic rings. The van der Waals surface area contributed by atoms with Crippen molar-refractivity contribution in [2.24, 2.45) is 5.41 Å². The maximum atomic E-state index is 11.4. The van der Waals surface area contributed by atoms with Crippen LogP contribution in [0.1, 0.15) is 31.3 Å². The van der Waals surface area contributed by atoms with Gasteiger partial charge in [-0.1, -0.05) is 20.8 Å². The Morgan fingerprint density at radius 2 is 2.11 bits per heavy atom. The molecule has 0 amide bonds. The second kappa shape index (κ2) is 5.64. The fourth-order valence-electron chi connectivity index (χ4n) is 1.30. The SMILES string of the molecule is COC(=O)c1ccc([N+](=O)[O-])c(NCC(C)(C)C)n1. The number of methoxy groups -OCH3 is 1. The minimum atomic E-state index is -0.631. The molecule has 0 atom stereocenters. The van der Waals surface area contributed by atoms with E-state index in [1.165, 1.54) is 19.2 Å². The summed E-state index contributed by atoms with van der Waals surface area (Å²) in [7, 11) is 1.23. The van der Waals surface area contributed by atoms with Crippen LogP contribution >= 0.6 is 0 Å². The molecule has 1 rings (SSSR count). The van der Waals surface area contributed by atoms with Crippen LogP contribution in [0, 0.1) is 15.5 Å². The van der Waals surface area contributed by atoms with Gasteiger partial charge in [-0.3, -0.25) is 10.1 Å². The van der Waals surface area contributed by atoms with E-state index in [4.69, 9.17) is 0 Å². The number of carbonyl (C=O) groups is 1. The zero-order valence-electron chi connectivity index (χ0n) is 11.4. The summed E-state index contributed by atoms with van der Waals surface area (Å²) in [6, 6.07) is 2.51. The summed E-state index contributed by atoms with van der Waals surface area (Å²) >= 11 is 0. The first-order valence-corrected chi connectivity index (χ1v) is 5.72. The summed E-state index contributed by atoms with van der Waals surface area (Å²) in [4.78, 5) is 25.7. The van der Waals surface area contributed by atoms with Gasteiger partial charge in [0.25, 0.3) is 0 Å². The summed E-state index contributed by atoms with van der Waals surface area (Å²) in [6.07, 6.45) is 0. The third kappa shape index (κ3) is 4.20. The van der Waals surface area contributed by atoms with Crippen LogP contribution in [-0.2, 0) is 4.74 Å². The largest absolute Gasteiger partial charge is 0.464 e. The Hall–Kier alpha value is -2.18. The van der Waals surface area contributed by atoms with Crippen molar-refractivity contribution in [3.05, 3.63) is 27.9 Å². The van der Waals surface area contributed by atoms with Crippen LogP contribution in [0.4, 0.5) is 11.5 Å². The highest BCUT2D eigenvalue weighted by molar-refractivity contribution is 5.88. The summed E-state index contributed by atoms with van der Waals surface area (Å²) < 4.78 is 4.54. The van der Waals surface area contributed by atoms with Crippen LogP contribution < -0.4 is 5.32 Å². The number of ether oxygens (including phenoxy) is 1. The number of nitrogens with one attached hydrogen (secondary N) is 1. The molecule has 0 radical (unpaired) electrons. The molecule has 0 bridgehead atoms. The first-order chi connectivity index (χ1) is 8.74. The third-order valence-electron chi connectivity index (χ3n) is 2.25. The van der Waals surface area contributed by atoms with E-state index in [0.717, 1.165) is 0 Å². The molecule has 0 aliphatic carbocycles. The van der Waals surface area contributed by atoms with Crippen molar-refractivity contribution >= 4 is 17.5 Å². The van der Waals surface area contributed by atoms with Crippen molar-refractivity contribution in [3.8, 4) is 0 Å². The molecule has 19 heavy (non-hydrogen) atoms. The van der Waals surface area contributed by atoms with Gasteiger partial charge in [0.2, 0.25) is 5.82 Å². The number of esters is 1. The van der Waals surface area contributed by atoms with Gasteiger partial charge in [0.1, 0.15) is 0 Å². The zero-order valence-corrected chi connectivity index (χ0v) is 11.4. The quantitative estimate of drug-likeness (QED) is 0.510. The predicted octanol–water partition coefficient (Wildman–Crippen LogP) is 2.23. The normalized spacial score (nSPS) is 10.9. The molecule has 1 aromatic heterocycles. The second-order valence-corrected chi connectivity index (χ2v) is 5.23. The molecule has 0 fully saturated rings. The fourth-order valence-corrected chi connectivity index (χ4v) is 1.30. The van der Waals surface area contributed by atoms with Crippen LogP contribution in [0.25, 0.3) is 0 Å². The van der Waals surface area contributed by atoms with Crippen LogP contribution in [0.3, 0.4) is 0 Å². The number of rotatable bonds is 4. The van der Waals surface area contributed by atoms with Crippen molar-refractivity contribution in [1.29, 1.82) is 0 Å². The highest BCUT2D eigenvalue weighted by atomic mass is 16.6. The van der Waals surface area contributed by atoms with E-state index in [-0.39, 0.29) is 22.6 Å². The van der Waals surface area contributed by atoms with Crippen LogP contribution in [0.5, 0.6) is 0 Å². The molecule has 1 heterocycles. The molecule has 0 saturated carbocycles. The lowest BCUT2D eigenvalue weighted by Gasteiger charge is -2.19. The number of nitrogens with zero attached hydrogens (tertiary/aromatic N) is 2. The van der Waals surface area contributed by atoms with Crippen LogP contribution in [0.15, 0.2) is 12.1 Å². The summed E-state index contributed by atoms with van der Waals surface area (Å²) in [5.74, 6) is -0.559. The Morgan fingerprint density at radius 1 is 1.47 bits per heavy atom. The van der Waals surface area contributed by atoms with Gasteiger partial charge in [0.05, 0.1) is 12.0 Å². The maximum absolute atomic E-state index is 11.4.